The molecule has 0 bridgehead atoms. The van der Waals surface area contributed by atoms with Gasteiger partial charge in [0.05, 0.1) is 23.1 Å². The van der Waals surface area contributed by atoms with Gasteiger partial charge in [-0.25, -0.2) is 9.78 Å². The summed E-state index contributed by atoms with van der Waals surface area (Å²) in [5, 5.41) is 20.0. The van der Waals surface area contributed by atoms with Gasteiger partial charge in [0.2, 0.25) is 5.82 Å². The zero-order valence-corrected chi connectivity index (χ0v) is 10.4. The van der Waals surface area contributed by atoms with Gasteiger partial charge in [-0.15, -0.1) is 0 Å². The summed E-state index contributed by atoms with van der Waals surface area (Å²) in [7, 11) is 0. The molecule has 1 N–H and O–H groups in total. The lowest BCUT2D eigenvalue weighted by atomic mass is 10.2. The average Bonchev–Trinajstić information content (AvgIpc) is 2.38. The molecule has 0 radical (unpaired) electrons. The standard InChI is InChI=1S/C10H10ClN3O5/c11-6-3-7(14(17)18)9(12-4-6)13-1-2-19-8(5-13)10(15)16/h3-4,8H,1-2,5H2,(H,15,16). The second-order valence-electron chi connectivity index (χ2n) is 3.90. The maximum Gasteiger partial charge on any atom is 0.334 e. The SMILES string of the molecule is O=C(O)C1CN(c2ncc(Cl)cc2[N+](=O)[O-])CCO1. The summed E-state index contributed by atoms with van der Waals surface area (Å²) in [5.41, 5.74) is -0.251. The van der Waals surface area contributed by atoms with E-state index in [1.54, 1.807) is 0 Å². The van der Waals surface area contributed by atoms with Crippen LogP contribution in [0.5, 0.6) is 0 Å². The molecule has 8 nitrogen and oxygen atoms in total. The predicted molar refractivity (Wildman–Crippen MR) is 65.5 cm³/mol. The fourth-order valence-electron chi connectivity index (χ4n) is 1.79. The van der Waals surface area contributed by atoms with E-state index in [1.165, 1.54) is 17.2 Å². The third-order valence-electron chi connectivity index (χ3n) is 2.65. The zero-order valence-electron chi connectivity index (χ0n) is 9.65. The number of rotatable bonds is 3. The molecule has 1 fully saturated rings. The lowest BCUT2D eigenvalue weighted by Gasteiger charge is -2.31. The van der Waals surface area contributed by atoms with E-state index in [0.717, 1.165) is 0 Å². The maximum absolute atomic E-state index is 11.0. The Labute approximate surface area is 112 Å². The Hall–Kier alpha value is -1.93. The van der Waals surface area contributed by atoms with E-state index in [-0.39, 0.29) is 29.7 Å². The highest BCUT2D eigenvalue weighted by atomic mass is 35.5. The minimum atomic E-state index is -1.11. The molecule has 2 heterocycles. The summed E-state index contributed by atoms with van der Waals surface area (Å²) in [5.74, 6) is -1.01. The number of anilines is 1. The first kappa shape index (κ1) is 13.5. The molecular formula is C10H10ClN3O5. The molecule has 0 aromatic carbocycles. The van der Waals surface area contributed by atoms with Gasteiger partial charge in [-0.3, -0.25) is 10.1 Å². The largest absolute Gasteiger partial charge is 0.479 e. The van der Waals surface area contributed by atoms with Crippen LogP contribution < -0.4 is 4.90 Å². The van der Waals surface area contributed by atoms with Gasteiger partial charge < -0.3 is 14.7 Å². The van der Waals surface area contributed by atoms with E-state index < -0.39 is 17.0 Å². The second-order valence-corrected chi connectivity index (χ2v) is 4.33. The third kappa shape index (κ3) is 2.91. The predicted octanol–water partition coefficient (Wildman–Crippen LogP) is 0.933. The van der Waals surface area contributed by atoms with Crippen molar-refractivity contribution in [2.75, 3.05) is 24.6 Å². The van der Waals surface area contributed by atoms with Crippen molar-refractivity contribution >= 4 is 29.1 Å². The van der Waals surface area contributed by atoms with Crippen LogP contribution in [0.2, 0.25) is 5.02 Å². The van der Waals surface area contributed by atoms with Crippen LogP contribution in [0.15, 0.2) is 12.3 Å². The van der Waals surface area contributed by atoms with Crippen molar-refractivity contribution < 1.29 is 19.6 Å². The quantitative estimate of drug-likeness (QED) is 0.651. The molecule has 9 heteroatoms. The monoisotopic (exact) mass is 287 g/mol. The highest BCUT2D eigenvalue weighted by molar-refractivity contribution is 6.30. The van der Waals surface area contributed by atoms with Crippen molar-refractivity contribution in [2.24, 2.45) is 0 Å². The van der Waals surface area contributed by atoms with Crippen molar-refractivity contribution in [3.63, 3.8) is 0 Å². The first-order valence-electron chi connectivity index (χ1n) is 5.38. The number of halogens is 1. The average molecular weight is 288 g/mol. The number of nitro groups is 1. The summed E-state index contributed by atoms with van der Waals surface area (Å²) in [6, 6.07) is 1.19. The number of aliphatic carboxylic acids is 1. The van der Waals surface area contributed by atoms with Gasteiger partial charge in [0.1, 0.15) is 0 Å². The second kappa shape index (κ2) is 5.37. The van der Waals surface area contributed by atoms with Crippen LogP contribution in [-0.4, -0.2) is 46.8 Å². The van der Waals surface area contributed by atoms with Crippen LogP contribution in [0.25, 0.3) is 0 Å². The van der Waals surface area contributed by atoms with E-state index in [1.807, 2.05) is 0 Å². The first-order chi connectivity index (χ1) is 8.99. The summed E-state index contributed by atoms with van der Waals surface area (Å²) >= 11 is 5.67. The van der Waals surface area contributed by atoms with Crippen LogP contribution in [0.3, 0.4) is 0 Å². The van der Waals surface area contributed by atoms with Crippen molar-refractivity contribution in [3.8, 4) is 0 Å². The van der Waals surface area contributed by atoms with Crippen molar-refractivity contribution in [1.29, 1.82) is 0 Å². The Morgan fingerprint density at radius 2 is 2.42 bits per heavy atom. The Kier molecular flexibility index (Phi) is 3.82. The molecule has 2 rings (SSSR count). The molecule has 0 spiro atoms. The van der Waals surface area contributed by atoms with Gasteiger partial charge in [0.15, 0.2) is 6.10 Å². The van der Waals surface area contributed by atoms with E-state index in [0.29, 0.717) is 6.54 Å². The number of hydrogen-bond acceptors (Lipinski definition) is 6. The smallest absolute Gasteiger partial charge is 0.334 e. The molecule has 1 unspecified atom stereocenters. The van der Waals surface area contributed by atoms with E-state index >= 15 is 0 Å². The summed E-state index contributed by atoms with van der Waals surface area (Å²) in [6.07, 6.45) is 0.264. The first-order valence-corrected chi connectivity index (χ1v) is 5.76. The fraction of sp³-hybridized carbons (Fsp3) is 0.400. The summed E-state index contributed by atoms with van der Waals surface area (Å²) < 4.78 is 5.05. The lowest BCUT2D eigenvalue weighted by Crippen LogP contribution is -2.46. The molecule has 1 saturated heterocycles. The van der Waals surface area contributed by atoms with Crippen LogP contribution in [0, 0.1) is 10.1 Å². The lowest BCUT2D eigenvalue weighted by molar-refractivity contribution is -0.384. The van der Waals surface area contributed by atoms with Crippen molar-refractivity contribution in [2.45, 2.75) is 6.10 Å². The fourth-order valence-corrected chi connectivity index (χ4v) is 1.94. The van der Waals surface area contributed by atoms with Gasteiger partial charge in [0.25, 0.3) is 0 Å². The van der Waals surface area contributed by atoms with Gasteiger partial charge in [0, 0.05) is 18.8 Å². The molecule has 0 amide bonds. The maximum atomic E-state index is 11.0. The molecule has 1 aromatic rings. The molecule has 1 atom stereocenters. The summed E-state index contributed by atoms with van der Waals surface area (Å²) in [6.45, 7) is 0.502. The molecule has 0 saturated carbocycles. The van der Waals surface area contributed by atoms with Crippen LogP contribution in [0.4, 0.5) is 11.5 Å². The van der Waals surface area contributed by atoms with Gasteiger partial charge >= 0.3 is 11.7 Å². The number of carbonyl (C=O) groups is 1. The van der Waals surface area contributed by atoms with E-state index in [9.17, 15) is 14.9 Å². The molecule has 1 aliphatic heterocycles. The number of morpholine rings is 1. The Morgan fingerprint density at radius 3 is 3.05 bits per heavy atom. The molecule has 19 heavy (non-hydrogen) atoms. The van der Waals surface area contributed by atoms with Crippen molar-refractivity contribution in [1.82, 2.24) is 4.98 Å². The highest BCUT2D eigenvalue weighted by Crippen LogP contribution is 2.29. The number of nitrogens with zero attached hydrogens (tertiary/aromatic N) is 3. The number of hydrogen-bond donors (Lipinski definition) is 1. The molecule has 1 aromatic heterocycles. The number of carboxylic acid groups (broad SMARTS) is 1. The molecular weight excluding hydrogens is 278 g/mol. The Morgan fingerprint density at radius 1 is 1.68 bits per heavy atom. The zero-order chi connectivity index (χ0) is 14.0. The normalized spacial score (nSPS) is 19.2. The summed E-state index contributed by atoms with van der Waals surface area (Å²) in [4.78, 5) is 26.7. The number of pyridine rings is 1. The van der Waals surface area contributed by atoms with Crippen molar-refractivity contribution in [3.05, 3.63) is 27.4 Å². The van der Waals surface area contributed by atoms with Gasteiger partial charge in [-0.05, 0) is 0 Å². The van der Waals surface area contributed by atoms with E-state index in [4.69, 9.17) is 21.4 Å². The van der Waals surface area contributed by atoms with E-state index in [2.05, 4.69) is 4.98 Å². The number of ether oxygens (including phenoxy) is 1. The van der Waals surface area contributed by atoms with Crippen LogP contribution in [0.1, 0.15) is 0 Å². The van der Waals surface area contributed by atoms with Gasteiger partial charge in [-0.2, -0.15) is 0 Å². The molecule has 1 aliphatic rings. The number of aromatic nitrogens is 1. The minimum absolute atomic E-state index is 0.00477. The van der Waals surface area contributed by atoms with Gasteiger partial charge in [-0.1, -0.05) is 11.6 Å². The highest BCUT2D eigenvalue weighted by Gasteiger charge is 2.30. The van der Waals surface area contributed by atoms with Crippen LogP contribution >= 0.6 is 11.6 Å². The number of carboxylic acids is 1. The minimum Gasteiger partial charge on any atom is -0.479 e. The topological polar surface area (TPSA) is 106 Å². The Balaban J connectivity index is 2.30. The molecule has 0 aliphatic carbocycles. The van der Waals surface area contributed by atoms with Crippen LogP contribution in [-0.2, 0) is 9.53 Å². The Bertz CT molecular complexity index is 524. The third-order valence-corrected chi connectivity index (χ3v) is 2.86. The molecule has 102 valence electrons.